The van der Waals surface area contributed by atoms with Crippen molar-refractivity contribution >= 4 is 27.3 Å². The molecule has 0 aliphatic heterocycles. The summed E-state index contributed by atoms with van der Waals surface area (Å²) in [5.74, 6) is 0.0917. The van der Waals surface area contributed by atoms with E-state index in [1.54, 1.807) is 0 Å². The predicted octanol–water partition coefficient (Wildman–Crippen LogP) is 3.18. The van der Waals surface area contributed by atoms with Gasteiger partial charge in [0.15, 0.2) is 0 Å². The summed E-state index contributed by atoms with van der Waals surface area (Å²) in [7, 11) is -2.73. The molecule has 10 heteroatoms. The molecular weight excluding hydrogens is 398 g/mol. The second-order valence-corrected chi connectivity index (χ2v) is 8.46. The zero-order chi connectivity index (χ0) is 21.8. The fraction of sp³-hybridized carbons (Fsp3) is 0.316. The molecule has 0 aliphatic rings. The topological polar surface area (TPSA) is 128 Å². The maximum absolute atomic E-state index is 12.7. The van der Waals surface area contributed by atoms with Crippen molar-refractivity contribution in [1.29, 1.82) is 0 Å². The predicted molar refractivity (Wildman–Crippen MR) is 109 cm³/mol. The van der Waals surface area contributed by atoms with E-state index in [2.05, 4.69) is 10.0 Å². The lowest BCUT2D eigenvalue weighted by molar-refractivity contribution is -0.384. The SMILES string of the molecule is COc1ccc([N+](=O)[O-])cc1NS(=O)(=O)c1ccc(C(=O)NC(C)C(C)C)cc1. The molecule has 156 valence electrons. The lowest BCUT2D eigenvalue weighted by atomic mass is 10.1. The molecule has 0 radical (unpaired) electrons. The minimum absolute atomic E-state index is 0.0334. The third kappa shape index (κ3) is 5.44. The minimum Gasteiger partial charge on any atom is -0.495 e. The van der Waals surface area contributed by atoms with Crippen LogP contribution in [0.25, 0.3) is 0 Å². The molecule has 2 N–H and O–H groups in total. The lowest BCUT2D eigenvalue weighted by Gasteiger charge is -2.17. The number of carbonyl (C=O) groups is 1. The number of amides is 1. The van der Waals surface area contributed by atoms with E-state index in [-0.39, 0.29) is 39.9 Å². The van der Waals surface area contributed by atoms with Gasteiger partial charge in [0.1, 0.15) is 5.75 Å². The van der Waals surface area contributed by atoms with E-state index < -0.39 is 14.9 Å². The Morgan fingerprint density at radius 2 is 1.72 bits per heavy atom. The van der Waals surface area contributed by atoms with E-state index in [1.165, 1.54) is 43.5 Å². The van der Waals surface area contributed by atoms with Crippen LogP contribution in [0.2, 0.25) is 0 Å². The van der Waals surface area contributed by atoms with Crippen LogP contribution in [0, 0.1) is 16.0 Å². The van der Waals surface area contributed by atoms with Crippen LogP contribution in [0.15, 0.2) is 47.4 Å². The van der Waals surface area contributed by atoms with Crippen molar-refractivity contribution in [2.75, 3.05) is 11.8 Å². The van der Waals surface area contributed by atoms with Gasteiger partial charge in [-0.3, -0.25) is 19.6 Å². The van der Waals surface area contributed by atoms with Crippen molar-refractivity contribution in [3.05, 3.63) is 58.1 Å². The molecule has 0 fully saturated rings. The molecule has 0 heterocycles. The zero-order valence-corrected chi connectivity index (χ0v) is 17.3. The second-order valence-electron chi connectivity index (χ2n) is 6.78. The summed E-state index contributed by atoms with van der Waals surface area (Å²) in [5, 5.41) is 13.8. The van der Waals surface area contributed by atoms with Gasteiger partial charge in [0.25, 0.3) is 21.6 Å². The molecule has 1 unspecified atom stereocenters. The summed E-state index contributed by atoms with van der Waals surface area (Å²) in [5.41, 5.74) is -0.0200. The van der Waals surface area contributed by atoms with Gasteiger partial charge < -0.3 is 10.1 Å². The highest BCUT2D eigenvalue weighted by molar-refractivity contribution is 7.92. The fourth-order valence-corrected chi connectivity index (χ4v) is 3.40. The largest absolute Gasteiger partial charge is 0.495 e. The Balaban J connectivity index is 2.25. The Bertz CT molecular complexity index is 1000. The molecule has 2 aromatic carbocycles. The van der Waals surface area contributed by atoms with Crippen LogP contribution in [0.3, 0.4) is 0 Å². The Morgan fingerprint density at radius 1 is 1.10 bits per heavy atom. The third-order valence-corrected chi connectivity index (χ3v) is 5.81. The number of nitrogens with zero attached hydrogens (tertiary/aromatic N) is 1. The van der Waals surface area contributed by atoms with Gasteiger partial charge >= 0.3 is 0 Å². The molecule has 2 aromatic rings. The molecule has 0 aromatic heterocycles. The van der Waals surface area contributed by atoms with Gasteiger partial charge in [0.2, 0.25) is 0 Å². The first-order valence-corrected chi connectivity index (χ1v) is 10.3. The molecule has 0 bridgehead atoms. The molecule has 29 heavy (non-hydrogen) atoms. The number of sulfonamides is 1. The number of rotatable bonds is 8. The molecule has 9 nitrogen and oxygen atoms in total. The number of hydrogen-bond donors (Lipinski definition) is 2. The summed E-state index contributed by atoms with van der Waals surface area (Å²) < 4.78 is 32.7. The van der Waals surface area contributed by atoms with Crippen molar-refractivity contribution in [3.63, 3.8) is 0 Å². The number of anilines is 1. The Labute approximate surface area is 169 Å². The van der Waals surface area contributed by atoms with E-state index >= 15 is 0 Å². The van der Waals surface area contributed by atoms with E-state index in [9.17, 15) is 23.3 Å². The fourth-order valence-electron chi connectivity index (χ4n) is 2.34. The van der Waals surface area contributed by atoms with Crippen LogP contribution in [-0.2, 0) is 10.0 Å². The normalized spacial score (nSPS) is 12.3. The first-order valence-electron chi connectivity index (χ1n) is 8.81. The zero-order valence-electron chi connectivity index (χ0n) is 16.5. The van der Waals surface area contributed by atoms with Gasteiger partial charge in [-0.25, -0.2) is 8.42 Å². The van der Waals surface area contributed by atoms with Gasteiger partial charge in [-0.1, -0.05) is 13.8 Å². The van der Waals surface area contributed by atoms with Gasteiger partial charge in [0.05, 0.1) is 22.6 Å². The van der Waals surface area contributed by atoms with Gasteiger partial charge in [-0.05, 0) is 43.2 Å². The second kappa shape index (κ2) is 8.91. The summed E-state index contributed by atoms with van der Waals surface area (Å²) in [6.45, 7) is 5.85. The number of non-ortho nitro benzene ring substituents is 1. The number of carbonyl (C=O) groups excluding carboxylic acids is 1. The number of methoxy groups -OCH3 is 1. The van der Waals surface area contributed by atoms with Crippen LogP contribution in [-0.4, -0.2) is 32.4 Å². The van der Waals surface area contributed by atoms with Gasteiger partial charge in [-0.2, -0.15) is 0 Å². The lowest BCUT2D eigenvalue weighted by Crippen LogP contribution is -2.36. The summed E-state index contributed by atoms with van der Waals surface area (Å²) in [4.78, 5) is 22.5. The van der Waals surface area contributed by atoms with Crippen LogP contribution >= 0.6 is 0 Å². The highest BCUT2D eigenvalue weighted by atomic mass is 32.2. The van der Waals surface area contributed by atoms with Crippen molar-refractivity contribution in [3.8, 4) is 5.75 Å². The minimum atomic E-state index is -4.05. The molecule has 1 amide bonds. The number of nitro benzene ring substituents is 1. The molecule has 0 spiro atoms. The first kappa shape index (κ1) is 22.2. The van der Waals surface area contributed by atoms with Gasteiger partial charge in [-0.15, -0.1) is 0 Å². The van der Waals surface area contributed by atoms with Crippen LogP contribution in [0.4, 0.5) is 11.4 Å². The van der Waals surface area contributed by atoms with E-state index in [1.807, 2.05) is 20.8 Å². The average molecular weight is 421 g/mol. The maximum Gasteiger partial charge on any atom is 0.271 e. The Kier molecular flexibility index (Phi) is 6.80. The van der Waals surface area contributed by atoms with Crippen molar-refractivity contribution < 1.29 is 22.9 Å². The van der Waals surface area contributed by atoms with E-state index in [0.717, 1.165) is 6.07 Å². The van der Waals surface area contributed by atoms with Gasteiger partial charge in [0, 0.05) is 23.7 Å². The summed E-state index contributed by atoms with van der Waals surface area (Å²) in [6.07, 6.45) is 0. The molecule has 0 saturated carbocycles. The standard InChI is InChI=1S/C19H23N3O6S/c1-12(2)13(3)20-19(23)14-5-8-16(9-6-14)29(26,27)21-17-11-15(22(24)25)7-10-18(17)28-4/h5-13,21H,1-4H3,(H,20,23). The van der Waals surface area contributed by atoms with Crippen LogP contribution in [0.1, 0.15) is 31.1 Å². The van der Waals surface area contributed by atoms with Crippen LogP contribution in [0.5, 0.6) is 5.75 Å². The number of nitro groups is 1. The van der Waals surface area contributed by atoms with Crippen molar-refractivity contribution in [2.24, 2.45) is 5.92 Å². The van der Waals surface area contributed by atoms with Crippen molar-refractivity contribution in [2.45, 2.75) is 31.7 Å². The monoisotopic (exact) mass is 421 g/mol. The molecule has 0 aliphatic carbocycles. The molecule has 0 saturated heterocycles. The number of ether oxygens (including phenoxy) is 1. The Hall–Kier alpha value is -3.14. The number of nitrogens with one attached hydrogen (secondary N) is 2. The highest BCUT2D eigenvalue weighted by Crippen LogP contribution is 2.30. The Morgan fingerprint density at radius 3 is 2.24 bits per heavy atom. The number of hydrogen-bond acceptors (Lipinski definition) is 6. The van der Waals surface area contributed by atoms with Crippen molar-refractivity contribution in [1.82, 2.24) is 5.32 Å². The molecule has 2 rings (SSSR count). The first-order chi connectivity index (χ1) is 13.5. The third-order valence-electron chi connectivity index (χ3n) is 4.42. The molecule has 1 atom stereocenters. The smallest absolute Gasteiger partial charge is 0.271 e. The highest BCUT2D eigenvalue weighted by Gasteiger charge is 2.20. The summed E-state index contributed by atoms with van der Waals surface area (Å²) in [6, 6.07) is 8.95. The van der Waals surface area contributed by atoms with Crippen LogP contribution < -0.4 is 14.8 Å². The number of benzene rings is 2. The molecular formula is C19H23N3O6S. The summed E-state index contributed by atoms with van der Waals surface area (Å²) >= 11 is 0. The quantitative estimate of drug-likeness (QED) is 0.498. The average Bonchev–Trinajstić information content (AvgIpc) is 2.67. The maximum atomic E-state index is 12.7. The van der Waals surface area contributed by atoms with E-state index in [4.69, 9.17) is 4.74 Å². The van der Waals surface area contributed by atoms with E-state index in [0.29, 0.717) is 5.56 Å².